The normalized spacial score (nSPS) is 11.3. The summed E-state index contributed by atoms with van der Waals surface area (Å²) in [6.07, 6.45) is 0.0382. The molecular formula is C48H81N15O18. The van der Waals surface area contributed by atoms with E-state index in [2.05, 4.69) is 25.4 Å². The Morgan fingerprint density at radius 1 is 0.383 bits per heavy atom. The molecule has 0 heterocycles. The van der Waals surface area contributed by atoms with E-state index in [1.165, 1.54) is 96.6 Å². The van der Waals surface area contributed by atoms with E-state index in [0.717, 1.165) is 61.0 Å². The summed E-state index contributed by atoms with van der Waals surface area (Å²) < 4.78 is 9.12. The summed E-state index contributed by atoms with van der Waals surface area (Å²) in [6.45, 7) is -5.82. The van der Waals surface area contributed by atoms with Crippen molar-refractivity contribution >= 4 is 95.0 Å². The van der Waals surface area contributed by atoms with Crippen LogP contribution in [0.15, 0.2) is 0 Å². The molecule has 13 amide bonds. The van der Waals surface area contributed by atoms with Gasteiger partial charge in [-0.3, -0.25) is 76.8 Å². The average molecular weight is 1160 g/mol. The summed E-state index contributed by atoms with van der Waals surface area (Å²) in [4.78, 5) is 214. The first-order valence-corrected chi connectivity index (χ1v) is 24.8. The number of amides is 13. The molecule has 1 unspecified atom stereocenters. The van der Waals surface area contributed by atoms with E-state index in [9.17, 15) is 76.7 Å². The predicted molar refractivity (Wildman–Crippen MR) is 284 cm³/mol. The summed E-state index contributed by atoms with van der Waals surface area (Å²) in [5.41, 5.74) is 0. The van der Waals surface area contributed by atoms with Gasteiger partial charge in [-0.25, -0.2) is 0 Å². The molecule has 0 radical (unpaired) electrons. The van der Waals surface area contributed by atoms with Crippen molar-refractivity contribution < 1.29 is 86.2 Å². The lowest BCUT2D eigenvalue weighted by atomic mass is 10.2. The number of nitrogens with zero attached hydrogens (tertiary/aromatic N) is 12. The first-order chi connectivity index (χ1) is 37.6. The Hall–Kier alpha value is -8.36. The maximum absolute atomic E-state index is 12.9. The molecule has 0 aliphatic rings. The average Bonchev–Trinajstić information content (AvgIpc) is 3.41. The van der Waals surface area contributed by atoms with Gasteiger partial charge in [0.05, 0.1) is 111 Å². The van der Waals surface area contributed by atoms with Gasteiger partial charge in [0.2, 0.25) is 76.8 Å². The van der Waals surface area contributed by atoms with Crippen LogP contribution in [0.1, 0.15) is 6.42 Å². The van der Waals surface area contributed by atoms with Crippen molar-refractivity contribution in [2.75, 3.05) is 197 Å². The van der Waals surface area contributed by atoms with Crippen molar-refractivity contribution in [2.45, 2.75) is 18.5 Å². The predicted octanol–water partition coefficient (Wildman–Crippen LogP) is -8.92. The molecule has 0 bridgehead atoms. The number of likely N-dealkylation sites (N-methyl/N-ethyl adjacent to an activating group) is 13. The summed E-state index contributed by atoms with van der Waals surface area (Å²) >= 11 is 0. The Bertz CT molecular complexity index is 2310. The molecule has 0 aliphatic heterocycles. The zero-order valence-electron chi connectivity index (χ0n) is 49.1. The third-order valence-electron chi connectivity index (χ3n) is 12.3. The molecule has 0 saturated carbocycles. The molecule has 0 fully saturated rings. The van der Waals surface area contributed by atoms with Crippen LogP contribution in [0, 0.1) is 0 Å². The largest absolute Gasteiger partial charge is 0.468 e. The highest BCUT2D eigenvalue weighted by atomic mass is 16.5. The molecule has 3 N–H and O–H groups in total. The number of aldehydes is 1. The summed E-state index contributed by atoms with van der Waals surface area (Å²) in [5, 5.41) is 7.34. The summed E-state index contributed by atoms with van der Waals surface area (Å²) in [7, 11) is 19.7. The molecule has 456 valence electrons. The number of esters is 2. The minimum Gasteiger partial charge on any atom is -0.468 e. The van der Waals surface area contributed by atoms with Gasteiger partial charge in [0.15, 0.2) is 0 Å². The number of hydrogen-bond acceptors (Lipinski definition) is 20. The molecule has 81 heavy (non-hydrogen) atoms. The van der Waals surface area contributed by atoms with Crippen LogP contribution >= 0.6 is 0 Å². The third kappa shape index (κ3) is 26.9. The molecule has 0 aliphatic carbocycles. The topological polar surface area (TPSA) is 367 Å². The second-order valence-electron chi connectivity index (χ2n) is 19.1. The van der Waals surface area contributed by atoms with Crippen LogP contribution in [0.4, 0.5) is 0 Å². The van der Waals surface area contributed by atoms with Crippen molar-refractivity contribution in [3.63, 3.8) is 0 Å². The molecule has 0 aromatic carbocycles. The van der Waals surface area contributed by atoms with Crippen LogP contribution in [-0.2, 0) is 86.2 Å². The molecule has 0 saturated heterocycles. The second-order valence-corrected chi connectivity index (χ2v) is 19.1. The lowest BCUT2D eigenvalue weighted by Gasteiger charge is -2.29. The fraction of sp³-hybridized carbons (Fsp3) is 0.667. The van der Waals surface area contributed by atoms with Crippen LogP contribution in [0.25, 0.3) is 0 Å². The fourth-order valence-corrected chi connectivity index (χ4v) is 6.47. The van der Waals surface area contributed by atoms with E-state index in [0.29, 0.717) is 6.29 Å². The number of hydrogen-bond donors (Lipinski definition) is 3. The van der Waals surface area contributed by atoms with Crippen molar-refractivity contribution in [3.05, 3.63) is 0 Å². The van der Waals surface area contributed by atoms with Gasteiger partial charge in [0, 0.05) is 84.1 Å². The van der Waals surface area contributed by atoms with Gasteiger partial charge in [0.25, 0.3) is 0 Å². The quantitative estimate of drug-likeness (QED) is 0.0398. The highest BCUT2D eigenvalue weighted by molar-refractivity contribution is 5.95. The van der Waals surface area contributed by atoms with Crippen molar-refractivity contribution in [1.29, 1.82) is 0 Å². The van der Waals surface area contributed by atoms with Crippen molar-refractivity contribution in [3.8, 4) is 0 Å². The van der Waals surface area contributed by atoms with E-state index in [1.54, 1.807) is 7.05 Å². The summed E-state index contributed by atoms with van der Waals surface area (Å²) in [5.74, 6) is -9.84. The van der Waals surface area contributed by atoms with Gasteiger partial charge in [-0.05, 0) is 14.1 Å². The van der Waals surface area contributed by atoms with E-state index < -0.39 is 173 Å². The van der Waals surface area contributed by atoms with Gasteiger partial charge >= 0.3 is 11.9 Å². The fourth-order valence-electron chi connectivity index (χ4n) is 6.47. The maximum atomic E-state index is 12.9. The van der Waals surface area contributed by atoms with E-state index in [-0.39, 0.29) is 26.2 Å². The smallest absolute Gasteiger partial charge is 0.325 e. The molecule has 0 rings (SSSR count). The summed E-state index contributed by atoms with van der Waals surface area (Å²) in [6, 6.07) is -2.13. The van der Waals surface area contributed by atoms with Crippen molar-refractivity contribution in [1.82, 2.24) is 74.7 Å². The van der Waals surface area contributed by atoms with Crippen LogP contribution < -0.4 is 16.0 Å². The maximum Gasteiger partial charge on any atom is 0.325 e. The molecule has 0 aromatic rings. The number of rotatable bonds is 34. The first-order valence-electron chi connectivity index (χ1n) is 24.8. The molecule has 33 heteroatoms. The number of methoxy groups -OCH3 is 2. The van der Waals surface area contributed by atoms with Crippen LogP contribution in [0.5, 0.6) is 0 Å². The standard InChI is InChI=1S/C48H81N15O18/c1-49-33(48(79)51-18-36(67)54(4)21-38(69)56(6)22-39(70)57(7)24-41(72)58(8)25-42(73)60(10)27-44(75)62(12)30-47(78)81-15)16-34(65)50-17-35(66)53(3)20-37(68)55(5)23-40(71)59(9)26-43(74)61(11)28-45(76)63(13)32(31-64)19-52(2)29-46(77)80-14/h31-33,49H,16-30H2,1-15H3,(H,50,65)(H,51,79)/t32?,33-/m0/s1. The highest BCUT2D eigenvalue weighted by Crippen LogP contribution is 2.03. The molecule has 0 spiro atoms. The van der Waals surface area contributed by atoms with E-state index in [4.69, 9.17) is 0 Å². The Balaban J connectivity index is 4.94. The van der Waals surface area contributed by atoms with Gasteiger partial charge in [-0.2, -0.15) is 0 Å². The lowest BCUT2D eigenvalue weighted by Crippen LogP contribution is -2.51. The molecular weight excluding hydrogens is 1070 g/mol. The van der Waals surface area contributed by atoms with Crippen LogP contribution in [-0.4, -0.2) is 363 Å². The van der Waals surface area contributed by atoms with Gasteiger partial charge in [-0.15, -0.1) is 0 Å². The zero-order valence-corrected chi connectivity index (χ0v) is 49.1. The minimum absolute atomic E-state index is 0.0142. The monoisotopic (exact) mass is 1160 g/mol. The molecule has 2 atom stereocenters. The number of carbonyl (C=O) groups excluding carboxylic acids is 16. The SMILES string of the molecule is CN[C@@H](CC(=O)NCC(=O)N(C)CC(=O)N(C)CC(=O)N(C)CC(=O)N(C)CC(=O)N(C)C(C=O)CN(C)CC(=O)OC)C(=O)NCC(=O)N(C)CC(=O)N(C)CC(=O)N(C)CC(=O)N(C)CC(=O)N(C)CC(=O)N(C)CC(=O)OC. The van der Waals surface area contributed by atoms with Gasteiger partial charge in [-0.1, -0.05) is 0 Å². The van der Waals surface area contributed by atoms with E-state index >= 15 is 0 Å². The third-order valence-corrected chi connectivity index (χ3v) is 12.3. The Labute approximate surface area is 470 Å². The first kappa shape index (κ1) is 72.6. The Kier molecular flexibility index (Phi) is 32.3. The van der Waals surface area contributed by atoms with Crippen LogP contribution in [0.2, 0.25) is 0 Å². The number of ether oxygens (including phenoxy) is 2. The number of carbonyl (C=O) groups is 16. The highest BCUT2D eigenvalue weighted by Gasteiger charge is 2.29. The van der Waals surface area contributed by atoms with Gasteiger partial charge in [0.1, 0.15) is 12.8 Å². The zero-order chi connectivity index (χ0) is 62.6. The van der Waals surface area contributed by atoms with E-state index in [1.807, 2.05) is 0 Å². The van der Waals surface area contributed by atoms with Gasteiger partial charge < -0.3 is 84.1 Å². The Morgan fingerprint density at radius 2 is 0.654 bits per heavy atom. The molecule has 0 aromatic heterocycles. The van der Waals surface area contributed by atoms with Crippen LogP contribution in [0.3, 0.4) is 0 Å². The lowest BCUT2D eigenvalue weighted by molar-refractivity contribution is -0.148. The molecule has 33 nitrogen and oxygen atoms in total. The van der Waals surface area contributed by atoms with Crippen molar-refractivity contribution in [2.24, 2.45) is 0 Å². The minimum atomic E-state index is -1.19. The number of nitrogens with one attached hydrogen (secondary N) is 3. The second kappa shape index (κ2) is 36.0. The Morgan fingerprint density at radius 3 is 0.951 bits per heavy atom.